The summed E-state index contributed by atoms with van der Waals surface area (Å²) in [5.74, 6) is 1.39. The van der Waals surface area contributed by atoms with Crippen LogP contribution in [0.15, 0.2) is 47.4 Å². The average molecular weight is 406 g/mol. The first kappa shape index (κ1) is 19.0. The molecule has 0 N–H and O–H groups in total. The number of carbonyl (C=O) groups is 1. The molecule has 0 aliphatic carbocycles. The molecular formula is C22H26N6O2. The van der Waals surface area contributed by atoms with Crippen molar-refractivity contribution < 1.29 is 9.32 Å². The molecule has 1 atom stereocenters. The minimum absolute atomic E-state index is 0.0680. The highest BCUT2D eigenvalue weighted by Gasteiger charge is 2.46. The minimum atomic E-state index is 0.0680. The molecule has 2 aliphatic heterocycles. The summed E-state index contributed by atoms with van der Waals surface area (Å²) in [5.41, 5.74) is 1.78. The number of aryl methyl sites for hydroxylation is 1. The summed E-state index contributed by atoms with van der Waals surface area (Å²) in [6.45, 7) is 2.53. The summed E-state index contributed by atoms with van der Waals surface area (Å²) in [7, 11) is 3.99. The van der Waals surface area contributed by atoms with E-state index in [1.807, 2.05) is 42.3 Å². The van der Waals surface area contributed by atoms with Gasteiger partial charge in [0.25, 0.3) is 11.8 Å². The van der Waals surface area contributed by atoms with Crippen LogP contribution in [-0.4, -0.2) is 62.1 Å². The fourth-order valence-electron chi connectivity index (χ4n) is 4.90. The summed E-state index contributed by atoms with van der Waals surface area (Å²) in [6.07, 6.45) is 6.28. The molecular weight excluding hydrogens is 380 g/mol. The number of hydrogen-bond donors (Lipinski definition) is 0. The molecule has 4 heterocycles. The van der Waals surface area contributed by atoms with Gasteiger partial charge in [0, 0.05) is 32.2 Å². The molecule has 2 fully saturated rings. The van der Waals surface area contributed by atoms with Crippen LogP contribution >= 0.6 is 0 Å². The highest BCUT2D eigenvalue weighted by molar-refractivity contribution is 5.92. The second kappa shape index (κ2) is 7.36. The lowest BCUT2D eigenvalue weighted by atomic mass is 9.76. The van der Waals surface area contributed by atoms with Gasteiger partial charge in [-0.25, -0.2) is 4.98 Å². The predicted octanol–water partition coefficient (Wildman–Crippen LogP) is 2.77. The van der Waals surface area contributed by atoms with Crippen LogP contribution in [0.1, 0.15) is 41.6 Å². The molecule has 1 aromatic carbocycles. The zero-order valence-corrected chi connectivity index (χ0v) is 17.4. The van der Waals surface area contributed by atoms with Gasteiger partial charge in [-0.15, -0.1) is 0 Å². The number of carbonyl (C=O) groups excluding carboxylic acids is 1. The first-order valence-electron chi connectivity index (χ1n) is 10.4. The van der Waals surface area contributed by atoms with Gasteiger partial charge in [-0.3, -0.25) is 9.69 Å². The molecule has 2 aromatic heterocycles. The molecule has 30 heavy (non-hydrogen) atoms. The third kappa shape index (κ3) is 3.31. The van der Waals surface area contributed by atoms with E-state index in [1.54, 1.807) is 17.1 Å². The van der Waals surface area contributed by atoms with Crippen LogP contribution in [0.4, 0.5) is 0 Å². The Kier molecular flexibility index (Phi) is 4.66. The molecule has 0 radical (unpaired) electrons. The Morgan fingerprint density at radius 2 is 1.93 bits per heavy atom. The van der Waals surface area contributed by atoms with E-state index in [4.69, 9.17) is 4.52 Å². The third-order valence-electron chi connectivity index (χ3n) is 6.65. The summed E-state index contributed by atoms with van der Waals surface area (Å²) in [6, 6.07) is 10.0. The lowest BCUT2D eigenvalue weighted by Gasteiger charge is -2.39. The number of rotatable bonds is 3. The van der Waals surface area contributed by atoms with Crippen molar-refractivity contribution in [2.75, 3.05) is 26.7 Å². The zero-order chi connectivity index (χ0) is 20.7. The van der Waals surface area contributed by atoms with Crippen molar-refractivity contribution in [3.63, 3.8) is 0 Å². The summed E-state index contributed by atoms with van der Waals surface area (Å²) in [5, 5.41) is 4.29. The van der Waals surface area contributed by atoms with Crippen LogP contribution in [0.25, 0.3) is 11.5 Å². The van der Waals surface area contributed by atoms with E-state index >= 15 is 0 Å². The van der Waals surface area contributed by atoms with Gasteiger partial charge in [0.1, 0.15) is 5.69 Å². The molecule has 0 saturated carbocycles. The van der Waals surface area contributed by atoms with Crippen LogP contribution in [0.3, 0.4) is 0 Å². The van der Waals surface area contributed by atoms with Crippen LogP contribution < -0.4 is 0 Å². The lowest BCUT2D eigenvalue weighted by Crippen LogP contribution is -2.44. The van der Waals surface area contributed by atoms with Crippen molar-refractivity contribution in [2.45, 2.75) is 25.3 Å². The molecule has 8 heteroatoms. The van der Waals surface area contributed by atoms with Gasteiger partial charge < -0.3 is 14.0 Å². The third-order valence-corrected chi connectivity index (χ3v) is 6.65. The van der Waals surface area contributed by atoms with Gasteiger partial charge in [0.15, 0.2) is 5.82 Å². The topological polar surface area (TPSA) is 80.3 Å². The maximum absolute atomic E-state index is 12.8. The highest BCUT2D eigenvalue weighted by Crippen LogP contribution is 2.48. The number of piperidine rings is 1. The molecule has 5 rings (SSSR count). The Morgan fingerprint density at radius 1 is 1.17 bits per heavy atom. The largest absolute Gasteiger partial charge is 0.337 e. The van der Waals surface area contributed by atoms with Crippen molar-refractivity contribution in [2.24, 2.45) is 12.5 Å². The van der Waals surface area contributed by atoms with Crippen molar-refractivity contribution in [1.82, 2.24) is 29.5 Å². The summed E-state index contributed by atoms with van der Waals surface area (Å²) < 4.78 is 7.32. The van der Waals surface area contributed by atoms with Gasteiger partial charge in [-0.05, 0) is 43.9 Å². The second-order valence-corrected chi connectivity index (χ2v) is 8.64. The van der Waals surface area contributed by atoms with Crippen LogP contribution in [0, 0.1) is 5.41 Å². The molecule has 0 bridgehead atoms. The second-order valence-electron chi connectivity index (χ2n) is 8.64. The molecule has 1 unspecified atom stereocenters. The van der Waals surface area contributed by atoms with Crippen LogP contribution in [-0.2, 0) is 7.05 Å². The molecule has 156 valence electrons. The van der Waals surface area contributed by atoms with E-state index < -0.39 is 0 Å². The highest BCUT2D eigenvalue weighted by atomic mass is 16.5. The standard InChI is InChI=1S/C22H26N6O2/c1-26-14-22(8-10-28(11-9-22)21(29)18-13-23-15-27(18)2)12-17(26)19-24-20(30-25-19)16-6-4-3-5-7-16/h3-7,13,15,17H,8-12,14H2,1-2H3. The summed E-state index contributed by atoms with van der Waals surface area (Å²) in [4.78, 5) is 25.8. The van der Waals surface area contributed by atoms with Crippen LogP contribution in [0.2, 0.25) is 0 Å². The molecule has 8 nitrogen and oxygen atoms in total. The van der Waals surface area contributed by atoms with E-state index in [1.165, 1.54) is 0 Å². The van der Waals surface area contributed by atoms with Crippen LogP contribution in [0.5, 0.6) is 0 Å². The Balaban J connectivity index is 1.27. The Labute approximate surface area is 175 Å². The molecule has 2 saturated heterocycles. The molecule has 1 amide bonds. The lowest BCUT2D eigenvalue weighted by molar-refractivity contribution is 0.0584. The Morgan fingerprint density at radius 3 is 2.63 bits per heavy atom. The Hall–Kier alpha value is -3.00. The first-order valence-corrected chi connectivity index (χ1v) is 10.4. The summed E-state index contributed by atoms with van der Waals surface area (Å²) >= 11 is 0. The normalized spacial score (nSPS) is 21.4. The fourth-order valence-corrected chi connectivity index (χ4v) is 4.90. The van der Waals surface area contributed by atoms with Crippen molar-refractivity contribution in [3.8, 4) is 11.5 Å². The number of imidazole rings is 1. The van der Waals surface area contributed by atoms with E-state index in [9.17, 15) is 4.79 Å². The molecule has 1 spiro atoms. The minimum Gasteiger partial charge on any atom is -0.337 e. The van der Waals surface area contributed by atoms with Crippen molar-refractivity contribution in [1.29, 1.82) is 0 Å². The van der Waals surface area contributed by atoms with E-state index in [0.717, 1.165) is 50.3 Å². The number of hydrogen-bond acceptors (Lipinski definition) is 6. The van der Waals surface area contributed by atoms with Crippen molar-refractivity contribution in [3.05, 3.63) is 54.4 Å². The van der Waals surface area contributed by atoms with E-state index in [0.29, 0.717) is 11.6 Å². The monoisotopic (exact) mass is 406 g/mol. The van der Waals surface area contributed by atoms with E-state index in [2.05, 4.69) is 27.1 Å². The average Bonchev–Trinajstić information content (AvgIpc) is 3.48. The Bertz CT molecular complexity index is 1030. The maximum atomic E-state index is 12.8. The number of amides is 1. The number of likely N-dealkylation sites (tertiary alicyclic amines) is 2. The smallest absolute Gasteiger partial charge is 0.272 e. The van der Waals surface area contributed by atoms with Gasteiger partial charge in [0.2, 0.25) is 0 Å². The predicted molar refractivity (Wildman–Crippen MR) is 111 cm³/mol. The quantitative estimate of drug-likeness (QED) is 0.665. The van der Waals surface area contributed by atoms with Crippen molar-refractivity contribution >= 4 is 5.91 Å². The van der Waals surface area contributed by atoms with Gasteiger partial charge in [0.05, 0.1) is 18.6 Å². The van der Waals surface area contributed by atoms with Gasteiger partial charge in [-0.1, -0.05) is 23.4 Å². The number of benzene rings is 1. The van der Waals surface area contributed by atoms with E-state index in [-0.39, 0.29) is 17.4 Å². The number of aromatic nitrogens is 4. The maximum Gasteiger partial charge on any atom is 0.272 e. The fraction of sp³-hybridized carbons (Fsp3) is 0.455. The number of nitrogens with zero attached hydrogens (tertiary/aromatic N) is 6. The first-order chi connectivity index (χ1) is 14.5. The molecule has 3 aromatic rings. The van der Waals surface area contributed by atoms with Gasteiger partial charge >= 0.3 is 0 Å². The van der Waals surface area contributed by atoms with Gasteiger partial charge in [-0.2, -0.15) is 4.98 Å². The zero-order valence-electron chi connectivity index (χ0n) is 17.4. The SMILES string of the molecule is CN1CC2(CCN(C(=O)c3cncn3C)CC2)CC1c1noc(-c2ccccc2)n1. The molecule has 2 aliphatic rings.